The van der Waals surface area contributed by atoms with E-state index in [1.807, 2.05) is 0 Å². The molecule has 94 valence electrons. The summed E-state index contributed by atoms with van der Waals surface area (Å²) >= 11 is 0. The summed E-state index contributed by atoms with van der Waals surface area (Å²) in [6.07, 6.45) is 4.98. The van der Waals surface area contributed by atoms with Crippen molar-refractivity contribution in [3.63, 3.8) is 0 Å². The number of hydrogen-bond acceptors (Lipinski definition) is 2. The molecule has 0 spiro atoms. The molecule has 1 saturated carbocycles. The lowest BCUT2D eigenvalue weighted by molar-refractivity contribution is 0.253. The minimum absolute atomic E-state index is 0.804. The SMILES string of the molecule is CCc1ccc(CN(CCCN)C2CC2)cc1. The molecule has 0 atom stereocenters. The number of benzene rings is 1. The Kier molecular flexibility index (Phi) is 4.57. The topological polar surface area (TPSA) is 29.3 Å². The highest BCUT2D eigenvalue weighted by molar-refractivity contribution is 5.22. The van der Waals surface area contributed by atoms with E-state index in [1.54, 1.807) is 0 Å². The standard InChI is InChI=1S/C15H24N2/c1-2-13-4-6-14(7-5-13)12-17(11-3-10-16)15-8-9-15/h4-7,15H,2-3,8-12,16H2,1H3. The third-order valence-corrected chi connectivity index (χ3v) is 3.53. The molecule has 0 amide bonds. The van der Waals surface area contributed by atoms with E-state index in [0.29, 0.717) is 0 Å². The highest BCUT2D eigenvalue weighted by Gasteiger charge is 2.28. The Hall–Kier alpha value is -0.860. The summed E-state index contributed by atoms with van der Waals surface area (Å²) in [4.78, 5) is 2.59. The van der Waals surface area contributed by atoms with E-state index in [2.05, 4.69) is 36.1 Å². The smallest absolute Gasteiger partial charge is 0.0236 e. The second kappa shape index (κ2) is 6.18. The molecule has 2 heteroatoms. The zero-order chi connectivity index (χ0) is 12.1. The molecule has 17 heavy (non-hydrogen) atoms. The van der Waals surface area contributed by atoms with Crippen molar-refractivity contribution < 1.29 is 0 Å². The predicted octanol–water partition coefficient (Wildman–Crippen LogP) is 2.56. The first-order valence-electron chi connectivity index (χ1n) is 6.85. The quantitative estimate of drug-likeness (QED) is 0.783. The largest absolute Gasteiger partial charge is 0.330 e. The lowest BCUT2D eigenvalue weighted by Gasteiger charge is -2.21. The maximum Gasteiger partial charge on any atom is 0.0236 e. The molecule has 1 aromatic rings. The van der Waals surface area contributed by atoms with Crippen LogP contribution in [-0.4, -0.2) is 24.0 Å². The van der Waals surface area contributed by atoms with Gasteiger partial charge in [0.05, 0.1) is 0 Å². The number of nitrogens with zero attached hydrogens (tertiary/aromatic N) is 1. The van der Waals surface area contributed by atoms with Crippen molar-refractivity contribution in [3.05, 3.63) is 35.4 Å². The zero-order valence-electron chi connectivity index (χ0n) is 10.9. The molecule has 1 aromatic carbocycles. The van der Waals surface area contributed by atoms with Gasteiger partial charge in [-0.25, -0.2) is 0 Å². The molecular formula is C15H24N2. The minimum Gasteiger partial charge on any atom is -0.330 e. The first-order valence-corrected chi connectivity index (χ1v) is 6.85. The lowest BCUT2D eigenvalue weighted by atomic mass is 10.1. The molecule has 0 heterocycles. The summed E-state index contributed by atoms with van der Waals surface area (Å²) in [5.41, 5.74) is 8.46. The molecule has 1 fully saturated rings. The van der Waals surface area contributed by atoms with Crippen LogP contribution in [0.25, 0.3) is 0 Å². The van der Waals surface area contributed by atoms with Gasteiger partial charge in [0, 0.05) is 12.6 Å². The van der Waals surface area contributed by atoms with Crippen molar-refractivity contribution in [1.82, 2.24) is 4.90 Å². The van der Waals surface area contributed by atoms with Gasteiger partial charge in [0.2, 0.25) is 0 Å². The first-order chi connectivity index (χ1) is 8.33. The number of hydrogen-bond donors (Lipinski definition) is 1. The summed E-state index contributed by atoms with van der Waals surface area (Å²) in [6.45, 7) is 5.25. The van der Waals surface area contributed by atoms with Crippen LogP contribution in [0, 0.1) is 0 Å². The molecule has 1 aliphatic carbocycles. The minimum atomic E-state index is 0.804. The first kappa shape index (κ1) is 12.6. The Morgan fingerprint density at radius 1 is 1.18 bits per heavy atom. The van der Waals surface area contributed by atoms with E-state index < -0.39 is 0 Å². The fraction of sp³-hybridized carbons (Fsp3) is 0.600. The molecule has 2 nitrogen and oxygen atoms in total. The van der Waals surface area contributed by atoms with Crippen LogP contribution in [-0.2, 0) is 13.0 Å². The van der Waals surface area contributed by atoms with E-state index in [0.717, 1.165) is 38.5 Å². The third-order valence-electron chi connectivity index (χ3n) is 3.53. The van der Waals surface area contributed by atoms with Crippen molar-refractivity contribution in [2.24, 2.45) is 5.73 Å². The van der Waals surface area contributed by atoms with Crippen molar-refractivity contribution in [1.29, 1.82) is 0 Å². The summed E-state index contributed by atoms with van der Waals surface area (Å²) in [7, 11) is 0. The van der Waals surface area contributed by atoms with Gasteiger partial charge in [-0.15, -0.1) is 0 Å². The molecule has 2 rings (SSSR count). The Balaban J connectivity index is 1.91. The molecule has 0 unspecified atom stereocenters. The van der Waals surface area contributed by atoms with Gasteiger partial charge in [-0.3, -0.25) is 4.90 Å². The van der Waals surface area contributed by atoms with Gasteiger partial charge in [0.25, 0.3) is 0 Å². The van der Waals surface area contributed by atoms with Gasteiger partial charge in [0.15, 0.2) is 0 Å². The van der Waals surface area contributed by atoms with Crippen LogP contribution in [0.15, 0.2) is 24.3 Å². The molecule has 0 bridgehead atoms. The van der Waals surface area contributed by atoms with Gasteiger partial charge in [0.1, 0.15) is 0 Å². The maximum absolute atomic E-state index is 5.60. The van der Waals surface area contributed by atoms with Crippen LogP contribution in [0.2, 0.25) is 0 Å². The van der Waals surface area contributed by atoms with E-state index in [-0.39, 0.29) is 0 Å². The molecule has 0 aliphatic heterocycles. The van der Waals surface area contributed by atoms with Gasteiger partial charge < -0.3 is 5.73 Å². The molecule has 0 saturated heterocycles. The van der Waals surface area contributed by atoms with E-state index >= 15 is 0 Å². The van der Waals surface area contributed by atoms with Crippen molar-refractivity contribution >= 4 is 0 Å². The van der Waals surface area contributed by atoms with E-state index in [1.165, 1.54) is 24.0 Å². The summed E-state index contributed by atoms with van der Waals surface area (Å²) in [5, 5.41) is 0. The molecular weight excluding hydrogens is 208 g/mol. The molecule has 0 aromatic heterocycles. The second-order valence-corrected chi connectivity index (χ2v) is 5.01. The van der Waals surface area contributed by atoms with Crippen LogP contribution in [0.3, 0.4) is 0 Å². The Morgan fingerprint density at radius 2 is 1.82 bits per heavy atom. The lowest BCUT2D eigenvalue weighted by Crippen LogP contribution is -2.28. The fourth-order valence-electron chi connectivity index (χ4n) is 2.24. The third kappa shape index (κ3) is 3.83. The fourth-order valence-corrected chi connectivity index (χ4v) is 2.24. The van der Waals surface area contributed by atoms with Crippen LogP contribution >= 0.6 is 0 Å². The van der Waals surface area contributed by atoms with Crippen LogP contribution < -0.4 is 5.73 Å². The molecule has 0 radical (unpaired) electrons. The highest BCUT2D eigenvalue weighted by Crippen LogP contribution is 2.28. The average molecular weight is 232 g/mol. The van der Waals surface area contributed by atoms with Crippen LogP contribution in [0.5, 0.6) is 0 Å². The van der Waals surface area contributed by atoms with Crippen molar-refractivity contribution in [3.8, 4) is 0 Å². The Bertz CT molecular complexity index is 327. The summed E-state index contributed by atoms with van der Waals surface area (Å²) < 4.78 is 0. The summed E-state index contributed by atoms with van der Waals surface area (Å²) in [6, 6.07) is 9.88. The summed E-state index contributed by atoms with van der Waals surface area (Å²) in [5.74, 6) is 0. The molecule has 2 N–H and O–H groups in total. The van der Waals surface area contributed by atoms with Gasteiger partial charge in [-0.1, -0.05) is 31.2 Å². The van der Waals surface area contributed by atoms with E-state index in [9.17, 15) is 0 Å². The van der Waals surface area contributed by atoms with Crippen LogP contribution in [0.1, 0.15) is 37.3 Å². The zero-order valence-corrected chi connectivity index (χ0v) is 10.9. The maximum atomic E-state index is 5.60. The van der Waals surface area contributed by atoms with Gasteiger partial charge in [-0.05, 0) is 49.9 Å². The van der Waals surface area contributed by atoms with E-state index in [4.69, 9.17) is 5.73 Å². The predicted molar refractivity (Wildman–Crippen MR) is 72.9 cm³/mol. The molecule has 1 aliphatic rings. The van der Waals surface area contributed by atoms with Crippen molar-refractivity contribution in [2.45, 2.75) is 45.2 Å². The van der Waals surface area contributed by atoms with Gasteiger partial charge in [-0.2, -0.15) is 0 Å². The van der Waals surface area contributed by atoms with Gasteiger partial charge >= 0.3 is 0 Å². The average Bonchev–Trinajstić information content (AvgIpc) is 3.19. The second-order valence-electron chi connectivity index (χ2n) is 5.01. The number of rotatable bonds is 7. The van der Waals surface area contributed by atoms with Crippen molar-refractivity contribution in [2.75, 3.05) is 13.1 Å². The highest BCUT2D eigenvalue weighted by atomic mass is 15.2. The number of nitrogens with two attached hydrogens (primary N) is 1. The Labute approximate surface area is 105 Å². The monoisotopic (exact) mass is 232 g/mol. The normalized spacial score (nSPS) is 15.5. The van der Waals surface area contributed by atoms with Crippen LogP contribution in [0.4, 0.5) is 0 Å². The number of aryl methyl sites for hydroxylation is 1. The Morgan fingerprint density at radius 3 is 2.35 bits per heavy atom.